The summed E-state index contributed by atoms with van der Waals surface area (Å²) in [5.74, 6) is -1.06. The minimum absolute atomic E-state index is 0.0949. The highest BCUT2D eigenvalue weighted by Gasteiger charge is 2.17. The van der Waals surface area contributed by atoms with E-state index >= 15 is 0 Å². The Morgan fingerprint density at radius 3 is 2.07 bits per heavy atom. The number of halogens is 2. The lowest BCUT2D eigenvalue weighted by Crippen LogP contribution is -2.30. The van der Waals surface area contributed by atoms with Crippen molar-refractivity contribution in [2.75, 3.05) is 29.6 Å². The molecule has 0 fully saturated rings. The number of carbonyl (C=O) groups excluding carboxylic acids is 3. The van der Waals surface area contributed by atoms with Gasteiger partial charge in [0.1, 0.15) is 5.70 Å². The first-order valence-corrected chi connectivity index (χ1v) is 14.9. The maximum atomic E-state index is 13.4. The molecular weight excluding hydrogens is 603 g/mol. The highest BCUT2D eigenvalue weighted by Crippen LogP contribution is 2.28. The number of anilines is 3. The number of hydrogen-bond acceptors (Lipinski definition) is 5. The van der Waals surface area contributed by atoms with Crippen LogP contribution in [-0.4, -0.2) is 37.1 Å². The van der Waals surface area contributed by atoms with Crippen molar-refractivity contribution in [3.8, 4) is 0 Å². The zero-order chi connectivity index (χ0) is 30.9. The second-order valence-electron chi connectivity index (χ2n) is 9.72. The van der Waals surface area contributed by atoms with Gasteiger partial charge < -0.3 is 20.9 Å². The average molecular weight is 634 g/mol. The molecule has 3 N–H and O–H groups in total. The van der Waals surface area contributed by atoms with E-state index in [1.165, 1.54) is 11.8 Å². The standard InChI is InChI=1S/C33H30Cl2N4O3S/c1-21(31(40)37-25-13-18-28(34)29(35)20-25)43-27-16-11-24(12-17-27)36-33(42)30(38-32(41)23-7-5-4-6-8-23)19-22-9-14-26(15-10-22)39(2)3/h4-21H,1-3H3,(H,36,42)(H,37,40)(H,38,41)/b30-19-. The fourth-order valence-electron chi connectivity index (χ4n) is 3.87. The van der Waals surface area contributed by atoms with Crippen LogP contribution in [0, 0.1) is 0 Å². The van der Waals surface area contributed by atoms with Crippen molar-refractivity contribution in [2.45, 2.75) is 17.1 Å². The number of hydrogen-bond donors (Lipinski definition) is 3. The summed E-state index contributed by atoms with van der Waals surface area (Å²) in [7, 11) is 3.89. The largest absolute Gasteiger partial charge is 0.378 e. The number of amides is 3. The van der Waals surface area contributed by atoms with E-state index in [9.17, 15) is 14.4 Å². The van der Waals surface area contributed by atoms with Gasteiger partial charge in [0, 0.05) is 41.6 Å². The molecule has 0 saturated heterocycles. The smallest absolute Gasteiger partial charge is 0.272 e. The van der Waals surface area contributed by atoms with Gasteiger partial charge in [-0.25, -0.2) is 0 Å². The van der Waals surface area contributed by atoms with E-state index in [1.807, 2.05) is 61.5 Å². The van der Waals surface area contributed by atoms with Crippen LogP contribution in [-0.2, 0) is 9.59 Å². The lowest BCUT2D eigenvalue weighted by atomic mass is 10.1. The molecular formula is C33H30Cl2N4O3S. The molecule has 1 unspecified atom stereocenters. The minimum Gasteiger partial charge on any atom is -0.378 e. The fraction of sp³-hybridized carbons (Fsp3) is 0.121. The Hall–Kier alpha value is -4.24. The van der Waals surface area contributed by atoms with Gasteiger partial charge >= 0.3 is 0 Å². The van der Waals surface area contributed by atoms with Crippen LogP contribution < -0.4 is 20.9 Å². The molecule has 7 nitrogen and oxygen atoms in total. The third-order valence-electron chi connectivity index (χ3n) is 6.23. The summed E-state index contributed by atoms with van der Waals surface area (Å²) in [6.07, 6.45) is 1.63. The van der Waals surface area contributed by atoms with E-state index in [0.29, 0.717) is 27.0 Å². The second-order valence-corrected chi connectivity index (χ2v) is 11.9. The Morgan fingerprint density at radius 2 is 1.44 bits per heavy atom. The van der Waals surface area contributed by atoms with Crippen LogP contribution in [0.5, 0.6) is 0 Å². The van der Waals surface area contributed by atoms with Gasteiger partial charge in [0.05, 0.1) is 15.3 Å². The summed E-state index contributed by atoms with van der Waals surface area (Å²) in [6.45, 7) is 1.80. The van der Waals surface area contributed by atoms with Gasteiger partial charge in [0.2, 0.25) is 5.91 Å². The van der Waals surface area contributed by atoms with E-state index in [0.717, 1.165) is 16.1 Å². The van der Waals surface area contributed by atoms with Crippen molar-refractivity contribution >= 4 is 75.8 Å². The summed E-state index contributed by atoms with van der Waals surface area (Å²) >= 11 is 13.4. The van der Waals surface area contributed by atoms with Crippen molar-refractivity contribution in [2.24, 2.45) is 0 Å². The number of rotatable bonds is 10. The van der Waals surface area contributed by atoms with Gasteiger partial charge in [-0.3, -0.25) is 14.4 Å². The van der Waals surface area contributed by atoms with Crippen molar-refractivity contribution in [3.63, 3.8) is 0 Å². The van der Waals surface area contributed by atoms with E-state index in [4.69, 9.17) is 23.2 Å². The number of benzene rings is 4. The monoisotopic (exact) mass is 632 g/mol. The topological polar surface area (TPSA) is 90.5 Å². The molecule has 1 atom stereocenters. The molecule has 4 rings (SSSR count). The van der Waals surface area contributed by atoms with Crippen molar-refractivity contribution in [1.82, 2.24) is 5.32 Å². The lowest BCUT2D eigenvalue weighted by molar-refractivity contribution is -0.115. The maximum absolute atomic E-state index is 13.4. The van der Waals surface area contributed by atoms with Crippen LogP contribution in [0.1, 0.15) is 22.8 Å². The van der Waals surface area contributed by atoms with Crippen LogP contribution >= 0.6 is 35.0 Å². The Bertz CT molecular complexity index is 1630. The Kier molecular flexibility index (Phi) is 10.9. The van der Waals surface area contributed by atoms with Crippen LogP contribution in [0.25, 0.3) is 6.08 Å². The Balaban J connectivity index is 1.44. The minimum atomic E-state index is -0.476. The quantitative estimate of drug-likeness (QED) is 0.124. The first-order chi connectivity index (χ1) is 20.6. The molecule has 0 spiro atoms. The molecule has 43 heavy (non-hydrogen) atoms. The highest BCUT2D eigenvalue weighted by molar-refractivity contribution is 8.00. The molecule has 0 saturated carbocycles. The van der Waals surface area contributed by atoms with Gasteiger partial charge in [0.25, 0.3) is 11.8 Å². The fourth-order valence-corrected chi connectivity index (χ4v) is 5.03. The van der Waals surface area contributed by atoms with Crippen LogP contribution in [0.4, 0.5) is 17.1 Å². The molecule has 4 aromatic carbocycles. The molecule has 0 aromatic heterocycles. The highest BCUT2D eigenvalue weighted by atomic mass is 35.5. The van der Waals surface area contributed by atoms with Gasteiger partial charge in [0.15, 0.2) is 0 Å². The molecule has 220 valence electrons. The van der Waals surface area contributed by atoms with E-state index in [1.54, 1.807) is 67.6 Å². The number of nitrogens with one attached hydrogen (secondary N) is 3. The molecule has 0 aliphatic rings. The van der Waals surface area contributed by atoms with Gasteiger partial charge in [-0.05, 0) is 85.3 Å². The molecule has 10 heteroatoms. The molecule has 0 bridgehead atoms. The first kappa shape index (κ1) is 31.7. The van der Waals surface area contributed by atoms with Crippen LogP contribution in [0.15, 0.2) is 108 Å². The normalized spacial score (nSPS) is 11.8. The van der Waals surface area contributed by atoms with E-state index in [2.05, 4.69) is 16.0 Å². The Labute approximate surface area is 265 Å². The van der Waals surface area contributed by atoms with Gasteiger partial charge in [-0.2, -0.15) is 0 Å². The van der Waals surface area contributed by atoms with E-state index < -0.39 is 17.1 Å². The number of carbonyl (C=O) groups is 3. The zero-order valence-corrected chi connectivity index (χ0v) is 26.1. The SMILES string of the molecule is CC(Sc1ccc(NC(=O)/C(=C/c2ccc(N(C)C)cc2)NC(=O)c2ccccc2)cc1)C(=O)Nc1ccc(Cl)c(Cl)c1. The van der Waals surface area contributed by atoms with Crippen LogP contribution in [0.3, 0.4) is 0 Å². The summed E-state index contributed by atoms with van der Waals surface area (Å²) < 4.78 is 0. The third kappa shape index (κ3) is 9.12. The predicted octanol–water partition coefficient (Wildman–Crippen LogP) is 7.59. The molecule has 0 aliphatic heterocycles. The van der Waals surface area contributed by atoms with Crippen molar-refractivity contribution in [1.29, 1.82) is 0 Å². The molecule has 4 aromatic rings. The number of thioether (sulfide) groups is 1. The summed E-state index contributed by atoms with van der Waals surface area (Å²) in [6, 6.07) is 28.3. The molecule has 0 heterocycles. The second kappa shape index (κ2) is 14.8. The van der Waals surface area contributed by atoms with Crippen LogP contribution in [0.2, 0.25) is 10.0 Å². The number of nitrogens with zero attached hydrogens (tertiary/aromatic N) is 1. The average Bonchev–Trinajstić information content (AvgIpc) is 3.00. The third-order valence-corrected chi connectivity index (χ3v) is 8.08. The van der Waals surface area contributed by atoms with Gasteiger partial charge in [-0.15, -0.1) is 11.8 Å². The first-order valence-electron chi connectivity index (χ1n) is 13.3. The maximum Gasteiger partial charge on any atom is 0.272 e. The van der Waals surface area contributed by atoms with E-state index in [-0.39, 0.29) is 11.6 Å². The molecule has 0 aliphatic carbocycles. The lowest BCUT2D eigenvalue weighted by Gasteiger charge is -2.14. The predicted molar refractivity (Wildman–Crippen MR) is 178 cm³/mol. The van der Waals surface area contributed by atoms with Crippen molar-refractivity contribution in [3.05, 3.63) is 124 Å². The zero-order valence-electron chi connectivity index (χ0n) is 23.7. The summed E-state index contributed by atoms with van der Waals surface area (Å²) in [5.41, 5.74) is 3.38. The van der Waals surface area contributed by atoms with Gasteiger partial charge in [-0.1, -0.05) is 53.5 Å². The Morgan fingerprint density at radius 1 is 0.791 bits per heavy atom. The summed E-state index contributed by atoms with van der Waals surface area (Å²) in [5, 5.41) is 8.80. The summed E-state index contributed by atoms with van der Waals surface area (Å²) in [4.78, 5) is 41.8. The molecule has 0 radical (unpaired) electrons. The molecule has 3 amide bonds. The van der Waals surface area contributed by atoms with Crippen molar-refractivity contribution < 1.29 is 14.4 Å².